The largest absolute Gasteiger partial charge is 0.372 e. The lowest BCUT2D eigenvalue weighted by Gasteiger charge is -2.22. The summed E-state index contributed by atoms with van der Waals surface area (Å²) in [5.41, 5.74) is 8.22. The van der Waals surface area contributed by atoms with Gasteiger partial charge in [-0.3, -0.25) is 9.59 Å². The van der Waals surface area contributed by atoms with Gasteiger partial charge >= 0.3 is 0 Å². The predicted molar refractivity (Wildman–Crippen MR) is 119 cm³/mol. The minimum absolute atomic E-state index is 0.231. The first kappa shape index (κ1) is 19.2. The smallest absolute Gasteiger partial charge is 0.266 e. The third-order valence-corrected chi connectivity index (χ3v) is 7.59. The lowest BCUT2D eigenvalue weighted by atomic mass is 9.85. The number of fused-ring (bicyclic) bond motifs is 3. The van der Waals surface area contributed by atoms with Gasteiger partial charge in [0.2, 0.25) is 0 Å². The SMILES string of the molecule is Cc1sc(C)c2c1COCc1c(C)c3c(c(C)c1C2)C(=O)N(c1ccccc1)C3=O. The molecule has 3 heterocycles. The molecule has 5 heteroatoms. The maximum absolute atomic E-state index is 13.4. The van der Waals surface area contributed by atoms with E-state index in [1.165, 1.54) is 25.8 Å². The van der Waals surface area contributed by atoms with Crippen molar-refractivity contribution in [3.05, 3.63) is 84.6 Å². The van der Waals surface area contributed by atoms with E-state index in [4.69, 9.17) is 4.74 Å². The van der Waals surface area contributed by atoms with Crippen molar-refractivity contribution >= 4 is 28.8 Å². The van der Waals surface area contributed by atoms with E-state index in [0.717, 1.165) is 28.7 Å². The molecule has 2 aromatic carbocycles. The molecule has 152 valence electrons. The summed E-state index contributed by atoms with van der Waals surface area (Å²) in [7, 11) is 0. The van der Waals surface area contributed by atoms with Crippen LogP contribution in [0.5, 0.6) is 0 Å². The van der Waals surface area contributed by atoms with Crippen LogP contribution in [-0.2, 0) is 24.4 Å². The molecule has 30 heavy (non-hydrogen) atoms. The topological polar surface area (TPSA) is 46.6 Å². The number of amides is 2. The Hall–Kier alpha value is -2.76. The Morgan fingerprint density at radius 3 is 2.00 bits per heavy atom. The fraction of sp³-hybridized carbons (Fsp3) is 0.280. The van der Waals surface area contributed by atoms with Crippen LogP contribution in [0.4, 0.5) is 5.69 Å². The summed E-state index contributed by atoms with van der Waals surface area (Å²) in [5.74, 6) is -0.471. The van der Waals surface area contributed by atoms with Crippen LogP contribution in [0.25, 0.3) is 0 Å². The molecule has 0 radical (unpaired) electrons. The Morgan fingerprint density at radius 2 is 1.33 bits per heavy atom. The Kier molecular flexibility index (Phi) is 4.42. The number of imide groups is 1. The zero-order valence-electron chi connectivity index (χ0n) is 17.6. The summed E-state index contributed by atoms with van der Waals surface area (Å²) >= 11 is 1.80. The standard InChI is InChI=1S/C25H23NO3S/c1-13-18-10-19-15(3)30-16(4)21(19)12-29-11-20(18)14(2)23-22(13)24(27)26(25(23)28)17-8-6-5-7-9-17/h5-9H,10-12H2,1-4H3. The zero-order valence-corrected chi connectivity index (χ0v) is 18.4. The number of carbonyl (C=O) groups excluding carboxylic acids is 2. The number of hydrogen-bond acceptors (Lipinski definition) is 4. The Balaban J connectivity index is 1.71. The van der Waals surface area contributed by atoms with Crippen molar-refractivity contribution in [2.24, 2.45) is 0 Å². The predicted octanol–water partition coefficient (Wildman–Crippen LogP) is 5.40. The molecule has 0 N–H and O–H groups in total. The molecule has 0 unspecified atom stereocenters. The highest BCUT2D eigenvalue weighted by molar-refractivity contribution is 7.12. The van der Waals surface area contributed by atoms with Gasteiger partial charge in [-0.25, -0.2) is 4.90 Å². The van der Waals surface area contributed by atoms with E-state index in [1.807, 2.05) is 32.0 Å². The average molecular weight is 418 g/mol. The fourth-order valence-corrected chi connectivity index (χ4v) is 5.94. The van der Waals surface area contributed by atoms with Crippen LogP contribution >= 0.6 is 11.3 Å². The third-order valence-electron chi connectivity index (χ3n) is 6.48. The number of hydrogen-bond donors (Lipinski definition) is 0. The quantitative estimate of drug-likeness (QED) is 0.498. The number of carbonyl (C=O) groups is 2. The van der Waals surface area contributed by atoms with E-state index in [-0.39, 0.29) is 11.8 Å². The number of para-hydroxylation sites is 1. The van der Waals surface area contributed by atoms with E-state index >= 15 is 0 Å². The first-order valence-corrected chi connectivity index (χ1v) is 11.0. The van der Waals surface area contributed by atoms with Gasteiger partial charge in [-0.1, -0.05) is 18.2 Å². The molecule has 5 rings (SSSR count). The molecule has 0 saturated heterocycles. The molecule has 2 aliphatic heterocycles. The van der Waals surface area contributed by atoms with Gasteiger partial charge in [0.15, 0.2) is 0 Å². The number of benzene rings is 2. The van der Waals surface area contributed by atoms with Crippen molar-refractivity contribution in [2.75, 3.05) is 4.90 Å². The minimum atomic E-state index is -0.241. The summed E-state index contributed by atoms with van der Waals surface area (Å²) in [6, 6.07) is 9.17. The van der Waals surface area contributed by atoms with Gasteiger partial charge in [-0.05, 0) is 79.6 Å². The van der Waals surface area contributed by atoms with Gasteiger partial charge in [-0.15, -0.1) is 11.3 Å². The number of ether oxygens (including phenoxy) is 1. The van der Waals surface area contributed by atoms with Crippen LogP contribution < -0.4 is 4.90 Å². The molecule has 0 bridgehead atoms. The average Bonchev–Trinajstić information content (AvgIpc) is 3.11. The second-order valence-electron chi connectivity index (χ2n) is 8.08. The third kappa shape index (κ3) is 2.62. The van der Waals surface area contributed by atoms with E-state index in [0.29, 0.717) is 30.0 Å². The Labute approximate surface area is 180 Å². The lowest BCUT2D eigenvalue weighted by molar-refractivity contribution is 0.0926. The van der Waals surface area contributed by atoms with Crippen molar-refractivity contribution in [1.82, 2.24) is 0 Å². The molecule has 2 amide bonds. The molecular formula is C25H23NO3S. The lowest BCUT2D eigenvalue weighted by Crippen LogP contribution is -2.29. The summed E-state index contributed by atoms with van der Waals surface area (Å²) in [4.78, 5) is 30.7. The first-order chi connectivity index (χ1) is 14.4. The highest BCUT2D eigenvalue weighted by Gasteiger charge is 2.41. The summed E-state index contributed by atoms with van der Waals surface area (Å²) in [6.45, 7) is 9.27. The molecule has 0 aliphatic carbocycles. The summed E-state index contributed by atoms with van der Waals surface area (Å²) in [6.07, 6.45) is 0.775. The highest BCUT2D eigenvalue weighted by atomic mass is 32.1. The van der Waals surface area contributed by atoms with Crippen LogP contribution in [-0.4, -0.2) is 11.8 Å². The van der Waals surface area contributed by atoms with Crippen LogP contribution in [0, 0.1) is 27.7 Å². The number of rotatable bonds is 1. The van der Waals surface area contributed by atoms with Gasteiger partial charge in [0.1, 0.15) is 0 Å². The molecule has 0 spiro atoms. The van der Waals surface area contributed by atoms with E-state index < -0.39 is 0 Å². The molecule has 4 nitrogen and oxygen atoms in total. The van der Waals surface area contributed by atoms with Crippen molar-refractivity contribution in [2.45, 2.75) is 47.3 Å². The van der Waals surface area contributed by atoms with Crippen molar-refractivity contribution < 1.29 is 14.3 Å². The maximum atomic E-state index is 13.4. The van der Waals surface area contributed by atoms with Crippen LogP contribution in [0.3, 0.4) is 0 Å². The van der Waals surface area contributed by atoms with E-state index in [9.17, 15) is 9.59 Å². The number of aryl methyl sites for hydroxylation is 2. The van der Waals surface area contributed by atoms with Crippen molar-refractivity contribution in [1.29, 1.82) is 0 Å². The Bertz CT molecular complexity index is 1220. The second kappa shape index (κ2) is 6.89. The van der Waals surface area contributed by atoms with E-state index in [1.54, 1.807) is 23.5 Å². The van der Waals surface area contributed by atoms with Gasteiger partial charge in [-0.2, -0.15) is 0 Å². The van der Waals surface area contributed by atoms with Crippen LogP contribution in [0.1, 0.15) is 63.9 Å². The fourth-order valence-electron chi connectivity index (χ4n) is 4.86. The minimum Gasteiger partial charge on any atom is -0.372 e. The molecule has 0 saturated carbocycles. The normalized spacial score (nSPS) is 15.5. The number of anilines is 1. The van der Waals surface area contributed by atoms with Gasteiger partial charge in [0.25, 0.3) is 11.8 Å². The molecule has 2 aliphatic rings. The number of nitrogens with zero attached hydrogens (tertiary/aromatic N) is 1. The van der Waals surface area contributed by atoms with Crippen molar-refractivity contribution in [3.8, 4) is 0 Å². The number of thiophene rings is 1. The Morgan fingerprint density at radius 1 is 0.767 bits per heavy atom. The molecule has 0 atom stereocenters. The van der Waals surface area contributed by atoms with Crippen LogP contribution in [0.2, 0.25) is 0 Å². The van der Waals surface area contributed by atoms with Gasteiger partial charge < -0.3 is 4.74 Å². The first-order valence-electron chi connectivity index (χ1n) is 10.1. The summed E-state index contributed by atoms with van der Waals surface area (Å²) in [5, 5.41) is 0. The molecule has 3 aromatic rings. The molecular weight excluding hydrogens is 394 g/mol. The second-order valence-corrected chi connectivity index (χ2v) is 9.51. The monoisotopic (exact) mass is 417 g/mol. The molecule has 0 fully saturated rings. The summed E-state index contributed by atoms with van der Waals surface area (Å²) < 4.78 is 6.09. The zero-order chi connectivity index (χ0) is 21.2. The van der Waals surface area contributed by atoms with Gasteiger partial charge in [0, 0.05) is 9.75 Å². The van der Waals surface area contributed by atoms with Crippen LogP contribution in [0.15, 0.2) is 30.3 Å². The van der Waals surface area contributed by atoms with Crippen molar-refractivity contribution in [3.63, 3.8) is 0 Å². The maximum Gasteiger partial charge on any atom is 0.266 e. The highest BCUT2D eigenvalue weighted by Crippen LogP contribution is 2.40. The van der Waals surface area contributed by atoms with Gasteiger partial charge in [0.05, 0.1) is 30.0 Å². The molecule has 1 aromatic heterocycles. The van der Waals surface area contributed by atoms with E-state index in [2.05, 4.69) is 13.8 Å².